The van der Waals surface area contributed by atoms with E-state index >= 15 is 0 Å². The Kier molecular flexibility index (Phi) is 4.43. The van der Waals surface area contributed by atoms with E-state index in [9.17, 15) is 13.2 Å². The van der Waals surface area contributed by atoms with Crippen LogP contribution >= 0.6 is 0 Å². The summed E-state index contributed by atoms with van der Waals surface area (Å²) in [4.78, 5) is 14.3. The number of carbonyl (C=O) groups excluding carboxylic acids is 1. The highest BCUT2D eigenvalue weighted by atomic mass is 32.2. The number of nitrogens with zero attached hydrogens (tertiary/aromatic N) is 1. The summed E-state index contributed by atoms with van der Waals surface area (Å²) in [6.45, 7) is 0.892. The van der Waals surface area contributed by atoms with Crippen LogP contribution in [0.2, 0.25) is 0 Å². The summed E-state index contributed by atoms with van der Waals surface area (Å²) >= 11 is 0. The second kappa shape index (κ2) is 6.77. The largest absolute Gasteiger partial charge is 0.454 e. The molecule has 27 heavy (non-hydrogen) atoms. The monoisotopic (exact) mass is 388 g/mol. The van der Waals surface area contributed by atoms with Crippen LogP contribution < -0.4 is 14.8 Å². The predicted molar refractivity (Wildman–Crippen MR) is 98.7 cm³/mol. The molecule has 2 aliphatic heterocycles. The summed E-state index contributed by atoms with van der Waals surface area (Å²) in [5.74, 6) is 1.17. The second-order valence-electron chi connectivity index (χ2n) is 6.75. The lowest BCUT2D eigenvalue weighted by Crippen LogP contribution is -2.39. The van der Waals surface area contributed by atoms with Crippen LogP contribution in [0.4, 0.5) is 4.79 Å². The zero-order valence-electron chi connectivity index (χ0n) is 14.8. The van der Waals surface area contributed by atoms with Crippen molar-refractivity contribution < 1.29 is 22.7 Å². The van der Waals surface area contributed by atoms with Crippen molar-refractivity contribution in [2.24, 2.45) is 0 Å². The molecule has 2 aliphatic rings. The molecule has 4 rings (SSSR count). The van der Waals surface area contributed by atoms with Gasteiger partial charge in [-0.25, -0.2) is 13.2 Å². The second-order valence-corrected chi connectivity index (χ2v) is 8.75. The van der Waals surface area contributed by atoms with Gasteiger partial charge in [0.25, 0.3) is 0 Å². The zero-order chi connectivity index (χ0) is 19.0. The summed E-state index contributed by atoms with van der Waals surface area (Å²) in [6, 6.07) is 12.3. The first-order chi connectivity index (χ1) is 12.9. The minimum Gasteiger partial charge on any atom is -0.454 e. The Morgan fingerprint density at radius 2 is 1.96 bits per heavy atom. The van der Waals surface area contributed by atoms with Crippen molar-refractivity contribution >= 4 is 15.9 Å². The molecule has 0 aromatic heterocycles. The maximum absolute atomic E-state index is 12.4. The predicted octanol–water partition coefficient (Wildman–Crippen LogP) is 2.13. The Balaban J connectivity index is 1.37. The Morgan fingerprint density at radius 3 is 2.81 bits per heavy atom. The summed E-state index contributed by atoms with van der Waals surface area (Å²) < 4.78 is 35.1. The number of benzene rings is 2. The third kappa shape index (κ3) is 3.44. The highest BCUT2D eigenvalue weighted by molar-refractivity contribution is 7.91. The van der Waals surface area contributed by atoms with Crippen LogP contribution in [-0.2, 0) is 16.4 Å². The van der Waals surface area contributed by atoms with Crippen LogP contribution in [0, 0.1) is 0 Å². The van der Waals surface area contributed by atoms with Gasteiger partial charge in [0.15, 0.2) is 21.3 Å². The molecule has 8 heteroatoms. The fraction of sp³-hybridized carbons (Fsp3) is 0.316. The van der Waals surface area contributed by atoms with Crippen molar-refractivity contribution in [2.45, 2.75) is 17.4 Å². The molecule has 0 aliphatic carbocycles. The summed E-state index contributed by atoms with van der Waals surface area (Å²) in [7, 11) is -1.57. The standard InChI is InChI=1S/C19H20N2O5S/c1-21(10-13-6-7-16-17(8-13)26-12-25-16)19(22)20-9-14-11-27(23,24)18-5-3-2-4-15(14)18/h2-8,14H,9-12H2,1H3,(H,20,22). The van der Waals surface area contributed by atoms with Gasteiger partial charge in [-0.1, -0.05) is 24.3 Å². The van der Waals surface area contributed by atoms with Crippen LogP contribution in [-0.4, -0.2) is 45.5 Å². The van der Waals surface area contributed by atoms with Gasteiger partial charge in [0.2, 0.25) is 6.79 Å². The van der Waals surface area contributed by atoms with E-state index in [0.29, 0.717) is 22.9 Å². The molecule has 0 saturated carbocycles. The zero-order valence-corrected chi connectivity index (χ0v) is 15.7. The molecule has 142 valence electrons. The van der Waals surface area contributed by atoms with E-state index in [0.717, 1.165) is 11.1 Å². The molecule has 7 nitrogen and oxygen atoms in total. The fourth-order valence-corrected chi connectivity index (χ4v) is 5.33. The molecule has 1 unspecified atom stereocenters. The third-order valence-electron chi connectivity index (χ3n) is 4.82. The first-order valence-corrected chi connectivity index (χ1v) is 10.3. The quantitative estimate of drug-likeness (QED) is 0.867. The lowest BCUT2D eigenvalue weighted by molar-refractivity contribution is 0.174. The van der Waals surface area contributed by atoms with Gasteiger partial charge in [0, 0.05) is 26.1 Å². The Labute approximate surface area is 157 Å². The molecule has 2 amide bonds. The first-order valence-electron chi connectivity index (χ1n) is 8.63. The Morgan fingerprint density at radius 1 is 1.19 bits per heavy atom. The van der Waals surface area contributed by atoms with Crippen molar-refractivity contribution in [1.29, 1.82) is 0 Å². The van der Waals surface area contributed by atoms with E-state index in [4.69, 9.17) is 9.47 Å². The van der Waals surface area contributed by atoms with Crippen molar-refractivity contribution in [2.75, 3.05) is 26.1 Å². The lowest BCUT2D eigenvalue weighted by atomic mass is 10.0. The molecule has 2 aromatic carbocycles. The molecule has 2 heterocycles. The van der Waals surface area contributed by atoms with E-state index in [2.05, 4.69) is 5.32 Å². The molecule has 1 atom stereocenters. The number of sulfone groups is 1. The number of urea groups is 1. The van der Waals surface area contributed by atoms with Crippen molar-refractivity contribution in [3.8, 4) is 11.5 Å². The van der Waals surface area contributed by atoms with Crippen LogP contribution in [0.15, 0.2) is 47.4 Å². The SMILES string of the molecule is CN(Cc1ccc2c(c1)OCO2)C(=O)NCC1CS(=O)(=O)c2ccccc21. The Bertz CT molecular complexity index is 989. The van der Waals surface area contributed by atoms with E-state index in [1.54, 1.807) is 24.1 Å². The van der Waals surface area contributed by atoms with E-state index in [1.807, 2.05) is 30.3 Å². The van der Waals surface area contributed by atoms with Crippen LogP contribution in [0.5, 0.6) is 11.5 Å². The molecule has 1 N–H and O–H groups in total. The third-order valence-corrected chi connectivity index (χ3v) is 6.70. The van der Waals surface area contributed by atoms with Gasteiger partial charge in [0.1, 0.15) is 0 Å². The lowest BCUT2D eigenvalue weighted by Gasteiger charge is -2.20. The highest BCUT2D eigenvalue weighted by Gasteiger charge is 2.34. The van der Waals surface area contributed by atoms with Crippen molar-refractivity contribution in [3.05, 3.63) is 53.6 Å². The van der Waals surface area contributed by atoms with Crippen molar-refractivity contribution in [3.63, 3.8) is 0 Å². The Hall–Kier alpha value is -2.74. The molecule has 0 spiro atoms. The van der Waals surface area contributed by atoms with Crippen LogP contribution in [0.25, 0.3) is 0 Å². The van der Waals surface area contributed by atoms with Gasteiger partial charge in [-0.3, -0.25) is 0 Å². The average molecular weight is 388 g/mol. The average Bonchev–Trinajstić information content (AvgIpc) is 3.22. The minimum atomic E-state index is -3.27. The molecule has 2 aromatic rings. The number of amides is 2. The molecule has 0 fully saturated rings. The van der Waals surface area contributed by atoms with Gasteiger partial charge in [-0.05, 0) is 29.3 Å². The number of carbonyl (C=O) groups is 1. The highest BCUT2D eigenvalue weighted by Crippen LogP contribution is 2.34. The minimum absolute atomic E-state index is 0.0263. The van der Waals surface area contributed by atoms with E-state index < -0.39 is 9.84 Å². The molecule has 0 saturated heterocycles. The van der Waals surface area contributed by atoms with Crippen molar-refractivity contribution in [1.82, 2.24) is 10.2 Å². The van der Waals surface area contributed by atoms with Crippen LogP contribution in [0.1, 0.15) is 17.0 Å². The number of hydrogen-bond acceptors (Lipinski definition) is 5. The van der Waals surface area contributed by atoms with Gasteiger partial charge >= 0.3 is 6.03 Å². The molecular weight excluding hydrogens is 368 g/mol. The number of hydrogen-bond donors (Lipinski definition) is 1. The smallest absolute Gasteiger partial charge is 0.317 e. The van der Waals surface area contributed by atoms with Gasteiger partial charge in [-0.2, -0.15) is 0 Å². The van der Waals surface area contributed by atoms with Crippen LogP contribution in [0.3, 0.4) is 0 Å². The van der Waals surface area contributed by atoms with Gasteiger partial charge < -0.3 is 19.7 Å². The summed E-state index contributed by atoms with van der Waals surface area (Å²) in [6.07, 6.45) is 0. The normalized spacial score (nSPS) is 18.8. The maximum atomic E-state index is 12.4. The molecule has 0 radical (unpaired) electrons. The number of fused-ring (bicyclic) bond motifs is 2. The number of nitrogens with one attached hydrogen (secondary N) is 1. The maximum Gasteiger partial charge on any atom is 0.317 e. The summed E-state index contributed by atoms with van der Waals surface area (Å²) in [5, 5.41) is 2.84. The number of ether oxygens (including phenoxy) is 2. The molecular formula is C19H20N2O5S. The van der Waals surface area contributed by atoms with E-state index in [1.165, 1.54) is 0 Å². The topological polar surface area (TPSA) is 84.9 Å². The number of rotatable bonds is 4. The fourth-order valence-electron chi connectivity index (χ4n) is 3.44. The first kappa shape index (κ1) is 17.7. The van der Waals surface area contributed by atoms with Gasteiger partial charge in [0.05, 0.1) is 10.6 Å². The van der Waals surface area contributed by atoms with Gasteiger partial charge in [-0.15, -0.1) is 0 Å². The van der Waals surface area contributed by atoms with E-state index in [-0.39, 0.29) is 31.0 Å². The summed E-state index contributed by atoms with van der Waals surface area (Å²) in [5.41, 5.74) is 1.70. The molecule has 0 bridgehead atoms.